The third kappa shape index (κ3) is 5.38. The van der Waals surface area contributed by atoms with E-state index >= 15 is 0 Å². The van der Waals surface area contributed by atoms with Crippen molar-refractivity contribution in [3.8, 4) is 0 Å². The summed E-state index contributed by atoms with van der Waals surface area (Å²) in [6.45, 7) is 4.02. The van der Waals surface area contributed by atoms with Crippen LogP contribution in [0.25, 0.3) is 0 Å². The van der Waals surface area contributed by atoms with E-state index in [0.29, 0.717) is 11.3 Å². The number of alkyl halides is 1. The van der Waals surface area contributed by atoms with Gasteiger partial charge in [0.15, 0.2) is 0 Å². The van der Waals surface area contributed by atoms with Crippen LogP contribution in [0.3, 0.4) is 0 Å². The fourth-order valence-corrected chi connectivity index (χ4v) is 1.84. The fourth-order valence-electron chi connectivity index (χ4n) is 1.84. The number of hydrogen-bond acceptors (Lipinski definition) is 5. The zero-order valence-corrected chi connectivity index (χ0v) is 13.3. The van der Waals surface area contributed by atoms with Gasteiger partial charge < -0.3 is 16.5 Å². The zero-order chi connectivity index (χ0) is 16.8. The quantitative estimate of drug-likeness (QED) is 0.456. The van der Waals surface area contributed by atoms with Crippen LogP contribution in [-0.4, -0.2) is 25.0 Å². The molecule has 120 valence electrons. The van der Waals surface area contributed by atoms with E-state index in [1.54, 1.807) is 32.0 Å². The second kappa shape index (κ2) is 7.82. The van der Waals surface area contributed by atoms with Gasteiger partial charge >= 0.3 is 0 Å². The van der Waals surface area contributed by atoms with Crippen molar-refractivity contribution >= 4 is 11.4 Å². The minimum absolute atomic E-state index is 0.0465. The summed E-state index contributed by atoms with van der Waals surface area (Å²) in [5.74, 6) is -2.26. The average molecular weight is 305 g/mol. The number of aliphatic imine (C=N–C) groups is 1. The maximum atomic E-state index is 14.7. The van der Waals surface area contributed by atoms with E-state index in [0.717, 1.165) is 24.6 Å². The number of nitrogens with one attached hydrogen (secondary N) is 2. The highest BCUT2D eigenvalue weighted by Crippen LogP contribution is 2.23. The van der Waals surface area contributed by atoms with Crippen LogP contribution in [-0.2, 0) is 12.2 Å². The molecule has 0 fully saturated rings. The lowest BCUT2D eigenvalue weighted by Gasteiger charge is -2.18. The lowest BCUT2D eigenvalue weighted by Crippen LogP contribution is -2.30. The van der Waals surface area contributed by atoms with Crippen molar-refractivity contribution in [3.05, 3.63) is 47.3 Å². The molecular formula is C16H24FN5. The molecule has 0 heterocycles. The Morgan fingerprint density at radius 2 is 2.14 bits per heavy atom. The van der Waals surface area contributed by atoms with Gasteiger partial charge in [0, 0.05) is 17.4 Å². The molecule has 0 aliphatic rings. The van der Waals surface area contributed by atoms with Crippen molar-refractivity contribution in [2.75, 3.05) is 13.6 Å². The monoisotopic (exact) mass is 305 g/mol. The minimum Gasteiger partial charge on any atom is -0.384 e. The molecule has 0 aliphatic heterocycles. The molecule has 0 saturated heterocycles. The van der Waals surface area contributed by atoms with Crippen molar-refractivity contribution in [3.63, 3.8) is 0 Å². The molecule has 6 N–H and O–H groups in total. The first-order valence-electron chi connectivity index (χ1n) is 7.07. The molecule has 5 nitrogen and oxygen atoms in total. The lowest BCUT2D eigenvalue weighted by atomic mass is 10.0. The van der Waals surface area contributed by atoms with E-state index in [-0.39, 0.29) is 11.5 Å². The van der Waals surface area contributed by atoms with Gasteiger partial charge in [-0.25, -0.2) is 9.38 Å². The van der Waals surface area contributed by atoms with Crippen LogP contribution in [0.4, 0.5) is 4.39 Å². The van der Waals surface area contributed by atoms with Crippen molar-refractivity contribution in [1.29, 1.82) is 5.41 Å². The van der Waals surface area contributed by atoms with Gasteiger partial charge in [0.05, 0.1) is 5.71 Å². The van der Waals surface area contributed by atoms with Gasteiger partial charge in [-0.2, -0.15) is 0 Å². The standard InChI is InChI=1S/C16H24FN5/c1-11(18)12(2)22-15(19)10-16(17,20)14-6-4-5-13(9-14)7-8-21-3/h4-6,9-10,18,21H,7-8,19-20H2,1-3H3/b15-10+,18-11?,22-12-. The third-order valence-corrected chi connectivity index (χ3v) is 3.23. The van der Waals surface area contributed by atoms with Crippen molar-refractivity contribution in [2.45, 2.75) is 26.1 Å². The number of nitrogens with zero attached hydrogens (tertiary/aromatic N) is 1. The molecule has 1 rings (SSSR count). The van der Waals surface area contributed by atoms with Crippen LogP contribution in [0, 0.1) is 5.41 Å². The average Bonchev–Trinajstić information content (AvgIpc) is 2.44. The molecule has 1 unspecified atom stereocenters. The first-order valence-corrected chi connectivity index (χ1v) is 7.07. The molecule has 0 bridgehead atoms. The molecule has 0 amide bonds. The van der Waals surface area contributed by atoms with Gasteiger partial charge in [-0.3, -0.25) is 5.73 Å². The van der Waals surface area contributed by atoms with E-state index in [9.17, 15) is 4.39 Å². The normalized spacial score (nSPS) is 15.5. The molecule has 1 aromatic carbocycles. The summed E-state index contributed by atoms with van der Waals surface area (Å²) < 4.78 is 14.7. The maximum absolute atomic E-state index is 14.7. The Morgan fingerprint density at radius 1 is 1.45 bits per heavy atom. The van der Waals surface area contributed by atoms with E-state index in [4.69, 9.17) is 16.9 Å². The van der Waals surface area contributed by atoms with Gasteiger partial charge in [0.1, 0.15) is 5.82 Å². The summed E-state index contributed by atoms with van der Waals surface area (Å²) in [6, 6.07) is 7.02. The Labute approximate surface area is 130 Å². The van der Waals surface area contributed by atoms with E-state index in [2.05, 4.69) is 10.3 Å². The Balaban J connectivity index is 3.03. The van der Waals surface area contributed by atoms with E-state index in [1.165, 1.54) is 0 Å². The highest BCUT2D eigenvalue weighted by atomic mass is 19.1. The third-order valence-electron chi connectivity index (χ3n) is 3.23. The molecule has 22 heavy (non-hydrogen) atoms. The summed E-state index contributed by atoms with van der Waals surface area (Å²) in [6.07, 6.45) is 1.85. The zero-order valence-electron chi connectivity index (χ0n) is 13.3. The minimum atomic E-state index is -2.21. The number of likely N-dealkylation sites (N-methyl/N-ethyl adjacent to an activating group) is 1. The van der Waals surface area contributed by atoms with Crippen LogP contribution in [0.5, 0.6) is 0 Å². The molecule has 6 heteroatoms. The second-order valence-corrected chi connectivity index (χ2v) is 5.21. The molecule has 0 spiro atoms. The number of nitrogens with two attached hydrogens (primary N) is 2. The van der Waals surface area contributed by atoms with Gasteiger partial charge in [-0.15, -0.1) is 0 Å². The van der Waals surface area contributed by atoms with Crippen molar-refractivity contribution in [2.24, 2.45) is 16.5 Å². The Hall–Kier alpha value is -2.05. The predicted molar refractivity (Wildman–Crippen MR) is 89.8 cm³/mol. The summed E-state index contributed by atoms with van der Waals surface area (Å²) in [5, 5.41) is 10.5. The van der Waals surface area contributed by atoms with E-state index in [1.807, 2.05) is 13.1 Å². The van der Waals surface area contributed by atoms with Crippen LogP contribution >= 0.6 is 0 Å². The van der Waals surface area contributed by atoms with E-state index < -0.39 is 5.79 Å². The predicted octanol–water partition coefficient (Wildman–Crippen LogP) is 1.83. The number of hydrogen-bond donors (Lipinski definition) is 4. The molecule has 1 aromatic rings. The highest BCUT2D eigenvalue weighted by molar-refractivity contribution is 6.39. The Kier molecular flexibility index (Phi) is 6.39. The van der Waals surface area contributed by atoms with Crippen LogP contribution in [0.15, 0.2) is 41.2 Å². The Bertz CT molecular complexity index is 590. The van der Waals surface area contributed by atoms with Crippen LogP contribution in [0.1, 0.15) is 25.0 Å². The molecular weight excluding hydrogens is 281 g/mol. The molecule has 0 saturated carbocycles. The SMILES string of the molecule is CNCCc1cccc(C(N)(F)/C=C(N)/N=C(/C)C(C)=N)c1. The smallest absolute Gasteiger partial charge is 0.207 e. The first-order chi connectivity index (χ1) is 10.3. The number of halogens is 1. The molecule has 0 aliphatic carbocycles. The van der Waals surface area contributed by atoms with Crippen molar-refractivity contribution in [1.82, 2.24) is 5.32 Å². The largest absolute Gasteiger partial charge is 0.384 e. The summed E-state index contributed by atoms with van der Waals surface area (Å²) in [5.41, 5.74) is 13.4. The maximum Gasteiger partial charge on any atom is 0.207 e. The first kappa shape index (κ1) is 18.0. The van der Waals surface area contributed by atoms with Crippen LogP contribution in [0.2, 0.25) is 0 Å². The number of benzene rings is 1. The molecule has 1 atom stereocenters. The fraction of sp³-hybridized carbons (Fsp3) is 0.375. The summed E-state index contributed by atoms with van der Waals surface area (Å²) >= 11 is 0. The van der Waals surface area contributed by atoms with Crippen LogP contribution < -0.4 is 16.8 Å². The van der Waals surface area contributed by atoms with Gasteiger partial charge in [0.2, 0.25) is 5.79 Å². The Morgan fingerprint density at radius 3 is 2.73 bits per heavy atom. The van der Waals surface area contributed by atoms with Gasteiger partial charge in [-0.05, 0) is 39.4 Å². The van der Waals surface area contributed by atoms with Gasteiger partial charge in [-0.1, -0.05) is 24.3 Å². The highest BCUT2D eigenvalue weighted by Gasteiger charge is 2.24. The molecule has 0 radical (unpaired) electrons. The van der Waals surface area contributed by atoms with Gasteiger partial charge in [0.25, 0.3) is 0 Å². The molecule has 0 aromatic heterocycles. The van der Waals surface area contributed by atoms with Crippen molar-refractivity contribution < 1.29 is 4.39 Å². The topological polar surface area (TPSA) is 100 Å². The second-order valence-electron chi connectivity index (χ2n) is 5.21. The lowest BCUT2D eigenvalue weighted by molar-refractivity contribution is 0.243. The summed E-state index contributed by atoms with van der Waals surface area (Å²) in [7, 11) is 1.86. The number of rotatable bonds is 7. The summed E-state index contributed by atoms with van der Waals surface area (Å²) in [4.78, 5) is 3.96.